The lowest BCUT2D eigenvalue weighted by Crippen LogP contribution is -2.30. The number of carbonyl (C=O) groups is 2. The van der Waals surface area contributed by atoms with Crippen molar-refractivity contribution in [2.45, 2.75) is 34.3 Å². The molecular weight excluding hydrogens is 551 g/mol. The summed E-state index contributed by atoms with van der Waals surface area (Å²) in [6.45, 7) is 6.27. The van der Waals surface area contributed by atoms with Crippen molar-refractivity contribution < 1.29 is 18.0 Å². The van der Waals surface area contributed by atoms with Crippen LogP contribution in [-0.4, -0.2) is 69.5 Å². The summed E-state index contributed by atoms with van der Waals surface area (Å²) in [6.07, 6.45) is 0. The van der Waals surface area contributed by atoms with Crippen LogP contribution in [0.5, 0.6) is 0 Å². The number of nitrogens with zero attached hydrogens (tertiary/aromatic N) is 5. The van der Waals surface area contributed by atoms with Gasteiger partial charge in [-0.15, -0.1) is 20.4 Å². The summed E-state index contributed by atoms with van der Waals surface area (Å²) < 4.78 is 27.8. The lowest BCUT2D eigenvalue weighted by molar-refractivity contribution is -0.113. The molecule has 2 aromatic heterocycles. The molecule has 2 heterocycles. The van der Waals surface area contributed by atoms with Crippen LogP contribution >= 0.6 is 46.2 Å². The van der Waals surface area contributed by atoms with Gasteiger partial charge in [0.1, 0.15) is 0 Å². The van der Waals surface area contributed by atoms with Crippen molar-refractivity contribution in [2.75, 3.05) is 35.2 Å². The fourth-order valence-corrected chi connectivity index (χ4v) is 7.37. The molecule has 0 spiro atoms. The van der Waals surface area contributed by atoms with Crippen molar-refractivity contribution in [3.05, 3.63) is 29.8 Å². The van der Waals surface area contributed by atoms with Gasteiger partial charge < -0.3 is 0 Å². The van der Waals surface area contributed by atoms with E-state index in [4.69, 9.17) is 0 Å². The summed E-state index contributed by atoms with van der Waals surface area (Å²) in [7, 11) is -3.60. The topological polar surface area (TPSA) is 147 Å². The molecule has 0 aliphatic carbocycles. The molecule has 188 valence electrons. The van der Waals surface area contributed by atoms with Gasteiger partial charge in [-0.25, -0.2) is 8.42 Å². The van der Waals surface area contributed by atoms with Gasteiger partial charge >= 0.3 is 0 Å². The van der Waals surface area contributed by atoms with Crippen LogP contribution in [0.25, 0.3) is 0 Å². The Morgan fingerprint density at radius 2 is 1.46 bits per heavy atom. The van der Waals surface area contributed by atoms with Gasteiger partial charge in [-0.3, -0.25) is 20.2 Å². The Bertz CT molecular complexity index is 1260. The van der Waals surface area contributed by atoms with E-state index in [0.29, 0.717) is 22.6 Å². The van der Waals surface area contributed by atoms with Crippen LogP contribution in [0.3, 0.4) is 0 Å². The lowest BCUT2D eigenvalue weighted by atomic mass is 10.2. The molecule has 3 aromatic rings. The Kier molecular flexibility index (Phi) is 9.99. The van der Waals surface area contributed by atoms with Gasteiger partial charge in [0.05, 0.1) is 10.6 Å². The van der Waals surface area contributed by atoms with Gasteiger partial charge in [-0.2, -0.15) is 4.31 Å². The predicted octanol–water partition coefficient (Wildman–Crippen LogP) is 3.52. The van der Waals surface area contributed by atoms with Crippen molar-refractivity contribution in [3.63, 3.8) is 0 Å². The highest BCUT2D eigenvalue weighted by Gasteiger charge is 2.22. The summed E-state index contributed by atoms with van der Waals surface area (Å²) in [5.74, 6) is 0.276. The third-order valence-corrected chi connectivity index (χ3v) is 10.2. The first-order chi connectivity index (χ1) is 16.8. The van der Waals surface area contributed by atoms with Crippen LogP contribution in [0.2, 0.25) is 0 Å². The first-order valence-corrected chi connectivity index (χ1v) is 15.4. The highest BCUT2D eigenvalue weighted by molar-refractivity contribution is 8.01. The molecule has 2 N–H and O–H groups in total. The van der Waals surface area contributed by atoms with E-state index < -0.39 is 15.9 Å². The van der Waals surface area contributed by atoms with Crippen LogP contribution in [0.1, 0.15) is 31.1 Å². The minimum atomic E-state index is -3.60. The number of aromatic nitrogens is 4. The summed E-state index contributed by atoms with van der Waals surface area (Å²) >= 11 is 5.18. The maximum atomic E-state index is 12.6. The molecule has 1 aromatic carbocycles. The van der Waals surface area contributed by atoms with Crippen LogP contribution in [0.15, 0.2) is 37.8 Å². The van der Waals surface area contributed by atoms with Gasteiger partial charge in [0, 0.05) is 18.7 Å². The average Bonchev–Trinajstić information content (AvgIpc) is 3.48. The van der Waals surface area contributed by atoms with Crippen molar-refractivity contribution in [1.29, 1.82) is 0 Å². The molecule has 16 heteroatoms. The zero-order chi connectivity index (χ0) is 25.4. The third kappa shape index (κ3) is 7.44. The number of carbonyl (C=O) groups excluding carboxylic acids is 2. The van der Waals surface area contributed by atoms with E-state index in [1.807, 2.05) is 6.92 Å². The molecule has 2 amide bonds. The number of hydrogen-bond donors (Lipinski definition) is 2. The standard InChI is InChI=1S/C19H23N7O4S5/c1-4-26(5-2)35(29,30)13-9-7-12(8-10-13)15(28)21-17-23-25-19(34-17)32-11-14(27)20-16-22-24-18(33-16)31-6-3/h7-10H,4-6,11H2,1-3H3,(H,20,22,27)(H,21,23,28). The Morgan fingerprint density at radius 1 is 0.886 bits per heavy atom. The van der Waals surface area contributed by atoms with Gasteiger partial charge in [-0.05, 0) is 30.0 Å². The predicted molar refractivity (Wildman–Crippen MR) is 140 cm³/mol. The minimum Gasteiger partial charge on any atom is -0.300 e. The number of thioether (sulfide) groups is 2. The van der Waals surface area contributed by atoms with Gasteiger partial charge in [0.2, 0.25) is 26.2 Å². The first-order valence-electron chi connectivity index (χ1n) is 10.4. The van der Waals surface area contributed by atoms with Crippen LogP contribution in [-0.2, 0) is 14.8 Å². The molecule has 0 unspecified atom stereocenters. The van der Waals surface area contributed by atoms with E-state index in [1.54, 1.807) is 25.6 Å². The smallest absolute Gasteiger partial charge is 0.257 e. The van der Waals surface area contributed by atoms with E-state index in [0.717, 1.165) is 21.4 Å². The number of sulfonamides is 1. The monoisotopic (exact) mass is 573 g/mol. The first kappa shape index (κ1) is 27.5. The second-order valence-electron chi connectivity index (χ2n) is 6.58. The molecule has 3 rings (SSSR count). The third-order valence-electron chi connectivity index (χ3n) is 4.33. The van der Waals surface area contributed by atoms with Crippen molar-refractivity contribution >= 4 is 78.3 Å². The molecule has 0 fully saturated rings. The van der Waals surface area contributed by atoms with Crippen LogP contribution in [0.4, 0.5) is 10.3 Å². The number of benzene rings is 1. The maximum Gasteiger partial charge on any atom is 0.257 e. The molecule has 11 nitrogen and oxygen atoms in total. The highest BCUT2D eigenvalue weighted by Crippen LogP contribution is 2.28. The largest absolute Gasteiger partial charge is 0.300 e. The van der Waals surface area contributed by atoms with E-state index in [-0.39, 0.29) is 27.3 Å². The molecule has 0 saturated carbocycles. The van der Waals surface area contributed by atoms with Crippen molar-refractivity contribution in [3.8, 4) is 0 Å². The molecule has 0 radical (unpaired) electrons. The molecule has 0 bridgehead atoms. The molecule has 0 saturated heterocycles. The fraction of sp³-hybridized carbons (Fsp3) is 0.368. The van der Waals surface area contributed by atoms with E-state index in [2.05, 4.69) is 31.0 Å². The zero-order valence-corrected chi connectivity index (χ0v) is 23.1. The van der Waals surface area contributed by atoms with Gasteiger partial charge in [0.15, 0.2) is 8.68 Å². The average molecular weight is 574 g/mol. The minimum absolute atomic E-state index is 0.0981. The van der Waals surface area contributed by atoms with Crippen molar-refractivity contribution in [1.82, 2.24) is 24.7 Å². The second-order valence-corrected chi connectivity index (χ2v) is 13.2. The van der Waals surface area contributed by atoms with Crippen LogP contribution in [0, 0.1) is 0 Å². The highest BCUT2D eigenvalue weighted by atomic mass is 32.2. The number of anilines is 2. The van der Waals surface area contributed by atoms with Gasteiger partial charge in [-0.1, -0.05) is 67.0 Å². The summed E-state index contributed by atoms with van der Waals surface area (Å²) in [6, 6.07) is 5.71. The van der Waals surface area contributed by atoms with Gasteiger partial charge in [0.25, 0.3) is 5.91 Å². The second kappa shape index (κ2) is 12.7. The Labute approximate surface area is 219 Å². The number of hydrogen-bond acceptors (Lipinski definition) is 12. The quantitative estimate of drug-likeness (QED) is 0.244. The zero-order valence-electron chi connectivity index (χ0n) is 19.0. The SMILES string of the molecule is CCSc1nnc(NC(=O)CSc2nnc(NC(=O)c3ccc(S(=O)(=O)N(CC)CC)cc3)s2)s1. The number of amides is 2. The van der Waals surface area contributed by atoms with Crippen LogP contribution < -0.4 is 10.6 Å². The number of nitrogens with one attached hydrogen (secondary N) is 2. The van der Waals surface area contributed by atoms with E-state index in [1.165, 1.54) is 51.7 Å². The molecular formula is C19H23N7O4S5. The normalized spacial score (nSPS) is 11.5. The summed E-state index contributed by atoms with van der Waals surface area (Å²) in [5, 5.41) is 21.9. The molecule has 0 aliphatic rings. The lowest BCUT2D eigenvalue weighted by Gasteiger charge is -2.18. The Balaban J connectivity index is 1.52. The number of rotatable bonds is 12. The summed E-state index contributed by atoms with van der Waals surface area (Å²) in [4.78, 5) is 24.8. The van der Waals surface area contributed by atoms with Crippen molar-refractivity contribution in [2.24, 2.45) is 0 Å². The maximum absolute atomic E-state index is 12.6. The Hall–Kier alpha value is -2.11. The summed E-state index contributed by atoms with van der Waals surface area (Å²) in [5.41, 5.74) is 0.282. The molecule has 35 heavy (non-hydrogen) atoms. The molecule has 0 atom stereocenters. The fourth-order valence-electron chi connectivity index (χ4n) is 2.70. The molecule has 0 aliphatic heterocycles. The Morgan fingerprint density at radius 3 is 2.03 bits per heavy atom. The van der Waals surface area contributed by atoms with E-state index in [9.17, 15) is 18.0 Å². The van der Waals surface area contributed by atoms with E-state index >= 15 is 0 Å².